The highest BCUT2D eigenvalue weighted by Gasteiger charge is 2.12. The fraction of sp³-hybridized carbons (Fsp3) is 0.231. The highest BCUT2D eigenvalue weighted by Crippen LogP contribution is 2.13. The van der Waals surface area contributed by atoms with Crippen molar-refractivity contribution in [1.82, 2.24) is 0 Å². The van der Waals surface area contributed by atoms with Crippen LogP contribution in [0.4, 0.5) is 4.39 Å². The van der Waals surface area contributed by atoms with E-state index in [9.17, 15) is 14.0 Å². The third-order valence-corrected chi connectivity index (χ3v) is 2.10. The summed E-state index contributed by atoms with van der Waals surface area (Å²) in [6, 6.07) is 3.90. The molecular formula is C13H13FO4. The first-order valence-corrected chi connectivity index (χ1v) is 5.31. The monoisotopic (exact) mass is 252 g/mol. The van der Waals surface area contributed by atoms with Crippen LogP contribution in [0.5, 0.6) is 0 Å². The average molecular weight is 252 g/mol. The maximum absolute atomic E-state index is 13.4. The maximum atomic E-state index is 13.4. The summed E-state index contributed by atoms with van der Waals surface area (Å²) in [5, 5.41) is 0. The van der Waals surface area contributed by atoms with Crippen molar-refractivity contribution in [1.29, 1.82) is 0 Å². The van der Waals surface area contributed by atoms with E-state index in [1.54, 1.807) is 6.92 Å². The third kappa shape index (κ3) is 3.69. The minimum Gasteiger partial charge on any atom is -0.466 e. The van der Waals surface area contributed by atoms with E-state index in [0.29, 0.717) is 5.56 Å². The molecule has 0 atom stereocenters. The van der Waals surface area contributed by atoms with Crippen molar-refractivity contribution >= 4 is 18.0 Å². The lowest BCUT2D eigenvalue weighted by atomic mass is 10.1. The topological polar surface area (TPSA) is 52.6 Å². The first-order valence-electron chi connectivity index (χ1n) is 5.31. The SMILES string of the molecule is CCOC(=O)c1cc(C=CC(=O)OC)ccc1F. The van der Waals surface area contributed by atoms with Crippen LogP contribution in [0, 0.1) is 5.82 Å². The summed E-state index contributed by atoms with van der Waals surface area (Å²) in [7, 11) is 1.25. The van der Waals surface area contributed by atoms with Gasteiger partial charge in [-0.15, -0.1) is 0 Å². The van der Waals surface area contributed by atoms with Gasteiger partial charge in [-0.2, -0.15) is 0 Å². The van der Waals surface area contributed by atoms with Crippen LogP contribution in [0.1, 0.15) is 22.8 Å². The van der Waals surface area contributed by atoms with Crippen molar-refractivity contribution in [3.8, 4) is 0 Å². The number of carbonyl (C=O) groups excluding carboxylic acids is 2. The van der Waals surface area contributed by atoms with Gasteiger partial charge in [0.2, 0.25) is 0 Å². The number of rotatable bonds is 4. The number of ether oxygens (including phenoxy) is 2. The van der Waals surface area contributed by atoms with Gasteiger partial charge in [-0.1, -0.05) is 6.07 Å². The van der Waals surface area contributed by atoms with Crippen LogP contribution in [-0.4, -0.2) is 25.7 Å². The van der Waals surface area contributed by atoms with Crippen LogP contribution in [0.3, 0.4) is 0 Å². The smallest absolute Gasteiger partial charge is 0.341 e. The number of methoxy groups -OCH3 is 1. The summed E-state index contributed by atoms with van der Waals surface area (Å²) in [5.74, 6) is -1.93. The summed E-state index contributed by atoms with van der Waals surface area (Å²) >= 11 is 0. The molecule has 0 aliphatic rings. The molecule has 0 N–H and O–H groups in total. The molecule has 1 rings (SSSR count). The van der Waals surface area contributed by atoms with Gasteiger partial charge in [0, 0.05) is 6.08 Å². The first kappa shape index (κ1) is 13.9. The molecule has 0 aliphatic carbocycles. The molecule has 4 nitrogen and oxygen atoms in total. The Kier molecular flexibility index (Phi) is 5.05. The summed E-state index contributed by atoms with van der Waals surface area (Å²) in [4.78, 5) is 22.3. The summed E-state index contributed by atoms with van der Waals surface area (Å²) in [6.07, 6.45) is 2.61. The van der Waals surface area contributed by atoms with Crippen molar-refractivity contribution in [2.75, 3.05) is 13.7 Å². The second-order valence-electron chi connectivity index (χ2n) is 3.32. The minimum atomic E-state index is -0.733. The van der Waals surface area contributed by atoms with Gasteiger partial charge < -0.3 is 9.47 Å². The van der Waals surface area contributed by atoms with Crippen LogP contribution in [-0.2, 0) is 14.3 Å². The van der Waals surface area contributed by atoms with Gasteiger partial charge in [-0.25, -0.2) is 14.0 Å². The Balaban J connectivity index is 2.97. The molecule has 0 saturated heterocycles. The molecule has 1 aromatic rings. The lowest BCUT2D eigenvalue weighted by Crippen LogP contribution is -2.07. The molecule has 0 heterocycles. The molecule has 0 aromatic heterocycles. The zero-order chi connectivity index (χ0) is 13.5. The van der Waals surface area contributed by atoms with Crippen molar-refractivity contribution in [3.05, 3.63) is 41.2 Å². The van der Waals surface area contributed by atoms with E-state index in [-0.39, 0.29) is 12.2 Å². The van der Waals surface area contributed by atoms with Crippen LogP contribution < -0.4 is 0 Å². The molecule has 0 spiro atoms. The van der Waals surface area contributed by atoms with E-state index in [1.807, 2.05) is 0 Å². The van der Waals surface area contributed by atoms with Gasteiger partial charge in [0.15, 0.2) is 0 Å². The number of hydrogen-bond donors (Lipinski definition) is 0. The molecule has 5 heteroatoms. The Morgan fingerprint density at radius 1 is 1.39 bits per heavy atom. The molecule has 0 saturated carbocycles. The zero-order valence-electron chi connectivity index (χ0n) is 10.1. The Labute approximate surface area is 104 Å². The van der Waals surface area contributed by atoms with E-state index in [0.717, 1.165) is 6.07 Å². The van der Waals surface area contributed by atoms with Crippen molar-refractivity contribution in [3.63, 3.8) is 0 Å². The lowest BCUT2D eigenvalue weighted by molar-refractivity contribution is -0.134. The van der Waals surface area contributed by atoms with Gasteiger partial charge >= 0.3 is 11.9 Å². The van der Waals surface area contributed by atoms with E-state index in [4.69, 9.17) is 4.74 Å². The van der Waals surface area contributed by atoms with Gasteiger partial charge in [0.05, 0.1) is 19.3 Å². The highest BCUT2D eigenvalue weighted by molar-refractivity contribution is 5.91. The van der Waals surface area contributed by atoms with Gasteiger partial charge in [-0.05, 0) is 30.7 Å². The minimum absolute atomic E-state index is 0.163. The van der Waals surface area contributed by atoms with Crippen LogP contribution in [0.2, 0.25) is 0 Å². The van der Waals surface area contributed by atoms with E-state index < -0.39 is 17.8 Å². The number of carbonyl (C=O) groups is 2. The van der Waals surface area contributed by atoms with Crippen LogP contribution >= 0.6 is 0 Å². The average Bonchev–Trinajstić information content (AvgIpc) is 2.37. The molecule has 96 valence electrons. The number of hydrogen-bond acceptors (Lipinski definition) is 4. The Hall–Kier alpha value is -2.17. The summed E-state index contributed by atoms with van der Waals surface area (Å²) in [6.45, 7) is 1.80. The predicted molar refractivity (Wildman–Crippen MR) is 63.4 cm³/mol. The van der Waals surface area contributed by atoms with Crippen molar-refractivity contribution < 1.29 is 23.5 Å². The molecule has 0 amide bonds. The summed E-state index contributed by atoms with van der Waals surface area (Å²) < 4.78 is 22.5. The van der Waals surface area contributed by atoms with E-state index in [2.05, 4.69) is 4.74 Å². The molecule has 0 radical (unpaired) electrons. The maximum Gasteiger partial charge on any atom is 0.341 e. The standard InChI is InChI=1S/C13H13FO4/c1-3-18-13(16)10-8-9(4-6-11(10)14)5-7-12(15)17-2/h4-8H,3H2,1-2H3. The second-order valence-corrected chi connectivity index (χ2v) is 3.32. The first-order chi connectivity index (χ1) is 8.58. The molecule has 0 aliphatic heterocycles. The third-order valence-electron chi connectivity index (χ3n) is 2.10. The van der Waals surface area contributed by atoms with Crippen LogP contribution in [0.25, 0.3) is 6.08 Å². The molecule has 0 fully saturated rings. The fourth-order valence-electron chi connectivity index (χ4n) is 1.24. The number of esters is 2. The summed E-state index contributed by atoms with van der Waals surface area (Å²) in [5.41, 5.74) is 0.341. The second kappa shape index (κ2) is 6.54. The van der Waals surface area contributed by atoms with Gasteiger partial charge in [0.1, 0.15) is 5.82 Å². The number of benzene rings is 1. The molecule has 1 aromatic carbocycles. The number of halogens is 1. The van der Waals surface area contributed by atoms with E-state index in [1.165, 1.54) is 31.4 Å². The van der Waals surface area contributed by atoms with Gasteiger partial charge in [0.25, 0.3) is 0 Å². The van der Waals surface area contributed by atoms with E-state index >= 15 is 0 Å². The predicted octanol–water partition coefficient (Wildman–Crippen LogP) is 2.19. The van der Waals surface area contributed by atoms with Crippen molar-refractivity contribution in [2.45, 2.75) is 6.92 Å². The van der Waals surface area contributed by atoms with Crippen LogP contribution in [0.15, 0.2) is 24.3 Å². The normalized spacial score (nSPS) is 10.4. The lowest BCUT2D eigenvalue weighted by Gasteiger charge is -2.04. The molecular weight excluding hydrogens is 239 g/mol. The van der Waals surface area contributed by atoms with Crippen molar-refractivity contribution in [2.24, 2.45) is 0 Å². The van der Waals surface area contributed by atoms with Gasteiger partial charge in [-0.3, -0.25) is 0 Å². The Morgan fingerprint density at radius 3 is 2.72 bits per heavy atom. The zero-order valence-corrected chi connectivity index (χ0v) is 10.1. The highest BCUT2D eigenvalue weighted by atomic mass is 19.1. The fourth-order valence-corrected chi connectivity index (χ4v) is 1.24. The quantitative estimate of drug-likeness (QED) is 0.609. The Morgan fingerprint density at radius 2 is 2.11 bits per heavy atom. The molecule has 0 bridgehead atoms. The largest absolute Gasteiger partial charge is 0.466 e. The molecule has 18 heavy (non-hydrogen) atoms. The molecule has 0 unspecified atom stereocenters. The Bertz CT molecular complexity index is 480.